The van der Waals surface area contributed by atoms with Crippen LogP contribution >= 0.6 is 11.6 Å². The summed E-state index contributed by atoms with van der Waals surface area (Å²) in [5, 5.41) is 15.8. The first-order valence-electron chi connectivity index (χ1n) is 4.80. The number of alkyl halides is 4. The topological polar surface area (TPSA) is 50.9 Å². The molecule has 1 heterocycles. The van der Waals surface area contributed by atoms with Crippen LogP contribution in [0.1, 0.15) is 11.6 Å². The van der Waals surface area contributed by atoms with E-state index < -0.39 is 12.0 Å². The number of nitrogens with zero attached hydrogens (tertiary/aromatic N) is 3. The van der Waals surface area contributed by atoms with E-state index in [2.05, 4.69) is 10.2 Å². The molecule has 1 aromatic heterocycles. The van der Waals surface area contributed by atoms with Crippen LogP contribution < -0.4 is 0 Å². The summed E-state index contributed by atoms with van der Waals surface area (Å²) in [6.07, 6.45) is -4.65. The Hall–Kier alpha value is -1.76. The Morgan fingerprint density at radius 1 is 1.28 bits per heavy atom. The minimum Gasteiger partial charge on any atom is -0.508 e. The van der Waals surface area contributed by atoms with Crippen molar-refractivity contribution in [2.45, 2.75) is 12.1 Å². The third kappa shape index (κ3) is 2.26. The lowest BCUT2D eigenvalue weighted by atomic mass is 10.3. The van der Waals surface area contributed by atoms with Gasteiger partial charge in [0.2, 0.25) is 5.82 Å². The SMILES string of the molecule is Oc1cccc(-n2c(CCl)nnc2C(F)(F)F)c1. The molecule has 1 N–H and O–H groups in total. The molecule has 0 aliphatic carbocycles. The molecule has 0 saturated heterocycles. The molecular weight excluding hydrogens is 271 g/mol. The van der Waals surface area contributed by atoms with Crippen molar-refractivity contribution in [3.8, 4) is 11.4 Å². The molecule has 0 aliphatic rings. The molecule has 0 aliphatic heterocycles. The predicted molar refractivity (Wildman–Crippen MR) is 57.6 cm³/mol. The highest BCUT2D eigenvalue weighted by atomic mass is 35.5. The summed E-state index contributed by atoms with van der Waals surface area (Å²) in [6, 6.07) is 5.34. The van der Waals surface area contributed by atoms with Gasteiger partial charge in [-0.25, -0.2) is 0 Å². The van der Waals surface area contributed by atoms with Gasteiger partial charge in [0.25, 0.3) is 0 Å². The van der Waals surface area contributed by atoms with Gasteiger partial charge < -0.3 is 5.11 Å². The first-order chi connectivity index (χ1) is 8.43. The summed E-state index contributed by atoms with van der Waals surface area (Å²) < 4.78 is 39.0. The summed E-state index contributed by atoms with van der Waals surface area (Å²) in [5.41, 5.74) is 0.1000. The summed E-state index contributed by atoms with van der Waals surface area (Å²) in [6.45, 7) is 0. The molecule has 0 unspecified atom stereocenters. The standard InChI is InChI=1S/C10H7ClF3N3O/c11-5-8-15-16-9(10(12,13)14)17(8)6-2-1-3-7(18)4-6/h1-4,18H,5H2. The number of aromatic nitrogens is 3. The number of aromatic hydroxyl groups is 1. The molecular formula is C10H7ClF3N3O. The zero-order valence-electron chi connectivity index (χ0n) is 8.82. The Morgan fingerprint density at radius 2 is 2.00 bits per heavy atom. The van der Waals surface area contributed by atoms with Crippen molar-refractivity contribution in [2.24, 2.45) is 0 Å². The lowest BCUT2D eigenvalue weighted by Crippen LogP contribution is -2.15. The van der Waals surface area contributed by atoms with Gasteiger partial charge in [0.1, 0.15) is 5.75 Å². The van der Waals surface area contributed by atoms with Gasteiger partial charge in [-0.15, -0.1) is 21.8 Å². The zero-order valence-corrected chi connectivity index (χ0v) is 9.57. The Kier molecular flexibility index (Phi) is 3.16. The molecule has 1 aromatic carbocycles. The molecule has 0 amide bonds. The lowest BCUT2D eigenvalue weighted by molar-refractivity contribution is -0.146. The average Bonchev–Trinajstić information content (AvgIpc) is 2.72. The third-order valence-corrected chi connectivity index (χ3v) is 2.43. The van der Waals surface area contributed by atoms with Crippen LogP contribution in [0.4, 0.5) is 13.2 Å². The minimum atomic E-state index is -4.65. The molecule has 0 fully saturated rings. The minimum absolute atomic E-state index is 0.0467. The van der Waals surface area contributed by atoms with Gasteiger partial charge in [-0.05, 0) is 12.1 Å². The van der Waals surface area contributed by atoms with Crippen molar-refractivity contribution in [3.63, 3.8) is 0 Å². The van der Waals surface area contributed by atoms with Crippen LogP contribution in [0.5, 0.6) is 5.75 Å². The Balaban J connectivity index is 2.65. The Labute approximate surface area is 105 Å². The van der Waals surface area contributed by atoms with Crippen LogP contribution in [0.15, 0.2) is 24.3 Å². The summed E-state index contributed by atoms with van der Waals surface area (Å²) in [7, 11) is 0. The van der Waals surface area contributed by atoms with Gasteiger partial charge in [0, 0.05) is 6.07 Å². The maximum atomic E-state index is 12.8. The number of rotatable bonds is 2. The van der Waals surface area contributed by atoms with Crippen LogP contribution in [-0.4, -0.2) is 19.9 Å². The number of hydrogen-bond donors (Lipinski definition) is 1. The first-order valence-corrected chi connectivity index (χ1v) is 5.34. The summed E-state index contributed by atoms with van der Waals surface area (Å²) >= 11 is 5.53. The number of phenolic OH excluding ortho intramolecular Hbond substituents is 1. The monoisotopic (exact) mass is 277 g/mol. The van der Waals surface area contributed by atoms with E-state index in [1.54, 1.807) is 0 Å². The second-order valence-electron chi connectivity index (χ2n) is 3.43. The van der Waals surface area contributed by atoms with Crippen molar-refractivity contribution in [2.75, 3.05) is 0 Å². The van der Waals surface area contributed by atoms with E-state index >= 15 is 0 Å². The van der Waals surface area contributed by atoms with Crippen molar-refractivity contribution in [3.05, 3.63) is 35.9 Å². The molecule has 2 aromatic rings. The van der Waals surface area contributed by atoms with Crippen LogP contribution in [0, 0.1) is 0 Å². The molecule has 18 heavy (non-hydrogen) atoms. The Morgan fingerprint density at radius 3 is 2.56 bits per heavy atom. The fraction of sp³-hybridized carbons (Fsp3) is 0.200. The van der Waals surface area contributed by atoms with Gasteiger partial charge in [0.15, 0.2) is 5.82 Å². The fourth-order valence-electron chi connectivity index (χ4n) is 1.49. The zero-order chi connectivity index (χ0) is 13.3. The number of hydrogen-bond acceptors (Lipinski definition) is 3. The van der Waals surface area contributed by atoms with E-state index in [9.17, 15) is 18.3 Å². The van der Waals surface area contributed by atoms with E-state index in [1.807, 2.05) is 0 Å². The summed E-state index contributed by atoms with van der Waals surface area (Å²) in [5.74, 6) is -1.60. The molecule has 0 radical (unpaired) electrons. The fourth-order valence-corrected chi connectivity index (χ4v) is 1.66. The van der Waals surface area contributed by atoms with Crippen molar-refractivity contribution < 1.29 is 18.3 Å². The Bertz CT molecular complexity index is 568. The van der Waals surface area contributed by atoms with Crippen LogP contribution in [0.2, 0.25) is 0 Å². The number of benzene rings is 1. The number of halogens is 4. The van der Waals surface area contributed by atoms with Crippen molar-refractivity contribution in [1.29, 1.82) is 0 Å². The largest absolute Gasteiger partial charge is 0.508 e. The normalized spacial score (nSPS) is 11.8. The average molecular weight is 278 g/mol. The van der Waals surface area contributed by atoms with Crippen molar-refractivity contribution in [1.82, 2.24) is 14.8 Å². The van der Waals surface area contributed by atoms with E-state index in [4.69, 9.17) is 11.6 Å². The molecule has 2 rings (SSSR count). The molecule has 0 bridgehead atoms. The quantitative estimate of drug-likeness (QED) is 0.859. The maximum absolute atomic E-state index is 12.8. The van der Waals surface area contributed by atoms with Crippen LogP contribution in [0.25, 0.3) is 5.69 Å². The van der Waals surface area contributed by atoms with Crippen molar-refractivity contribution >= 4 is 11.6 Å². The van der Waals surface area contributed by atoms with Gasteiger partial charge >= 0.3 is 6.18 Å². The second kappa shape index (κ2) is 4.49. The highest BCUT2D eigenvalue weighted by Crippen LogP contribution is 2.31. The van der Waals surface area contributed by atoms with Gasteiger partial charge in [-0.2, -0.15) is 13.2 Å². The van der Waals surface area contributed by atoms with Gasteiger partial charge in [-0.3, -0.25) is 4.57 Å². The highest BCUT2D eigenvalue weighted by Gasteiger charge is 2.38. The van der Waals surface area contributed by atoms with E-state index in [-0.39, 0.29) is 23.1 Å². The molecule has 8 heteroatoms. The third-order valence-electron chi connectivity index (χ3n) is 2.19. The summed E-state index contributed by atoms with van der Waals surface area (Å²) in [4.78, 5) is 0. The maximum Gasteiger partial charge on any atom is 0.452 e. The van der Waals surface area contributed by atoms with Crippen LogP contribution in [-0.2, 0) is 12.1 Å². The molecule has 4 nitrogen and oxygen atoms in total. The highest BCUT2D eigenvalue weighted by molar-refractivity contribution is 6.16. The van der Waals surface area contributed by atoms with Gasteiger partial charge in [-0.1, -0.05) is 6.07 Å². The van der Waals surface area contributed by atoms with Crippen LogP contribution in [0.3, 0.4) is 0 Å². The molecule has 0 spiro atoms. The smallest absolute Gasteiger partial charge is 0.452 e. The van der Waals surface area contributed by atoms with E-state index in [0.717, 1.165) is 4.57 Å². The second-order valence-corrected chi connectivity index (χ2v) is 3.69. The molecule has 96 valence electrons. The predicted octanol–water partition coefficient (Wildman–Crippen LogP) is 2.73. The van der Waals surface area contributed by atoms with E-state index in [0.29, 0.717) is 0 Å². The molecule has 0 atom stereocenters. The number of phenols is 1. The van der Waals surface area contributed by atoms with E-state index in [1.165, 1.54) is 24.3 Å². The first kappa shape index (κ1) is 12.7. The van der Waals surface area contributed by atoms with Gasteiger partial charge in [0.05, 0.1) is 11.6 Å². The lowest BCUT2D eigenvalue weighted by Gasteiger charge is -2.11. The molecule has 0 saturated carbocycles.